The minimum Gasteiger partial charge on any atom is -0.394 e. The molecule has 4 N–H and O–H groups in total. The number of hydrogen-bond donors (Lipinski definition) is 3. The van der Waals surface area contributed by atoms with Crippen molar-refractivity contribution in [2.24, 2.45) is 5.73 Å². The second-order valence-electron chi connectivity index (χ2n) is 10.8. The van der Waals surface area contributed by atoms with Gasteiger partial charge in [0.2, 0.25) is 0 Å². The molecule has 0 rings (SSSR count). The van der Waals surface area contributed by atoms with Crippen LogP contribution in [-0.2, 0) is 13.6 Å². The van der Waals surface area contributed by atoms with Crippen LogP contribution in [0, 0.1) is 0 Å². The number of halogens is 26. The average Bonchev–Trinajstić information content (AvgIpc) is 2.90. The minimum atomic E-state index is -8.36. The van der Waals surface area contributed by atoms with Crippen LogP contribution in [0.4, 0.5) is 114 Å². The molecule has 0 aromatic heterocycles. The van der Waals surface area contributed by atoms with Crippen molar-refractivity contribution in [3.63, 3.8) is 0 Å². The first-order valence-corrected chi connectivity index (χ1v) is 13.9. The van der Waals surface area contributed by atoms with Gasteiger partial charge in [-0.05, 0) is 13.8 Å². The van der Waals surface area contributed by atoms with E-state index in [9.17, 15) is 119 Å². The Hall–Kier alpha value is -1.79. The predicted molar refractivity (Wildman–Crippen MR) is 118 cm³/mol. The molecule has 0 aliphatic carbocycles. The Morgan fingerprint density at radius 3 is 0.811 bits per heavy atom. The lowest BCUT2D eigenvalue weighted by atomic mass is 9.93. The number of hydrogen-bond acceptors (Lipinski definition) is 5. The van der Waals surface area contributed by atoms with Gasteiger partial charge in [-0.2, -0.15) is 114 Å². The zero-order valence-electron chi connectivity index (χ0n) is 25.0. The lowest BCUT2D eigenvalue weighted by Crippen LogP contribution is -2.70. The largest absolute Gasteiger partial charge is 0.472 e. The Balaban J connectivity index is 0. The number of phosphoric ester groups is 1. The molecular formula is C20H20F26NO5P. The van der Waals surface area contributed by atoms with Crippen LogP contribution >= 0.6 is 7.82 Å². The fourth-order valence-corrected chi connectivity index (χ4v) is 3.25. The average molecular weight is 879 g/mol. The van der Waals surface area contributed by atoms with E-state index in [-0.39, 0.29) is 6.61 Å². The highest BCUT2D eigenvalue weighted by Gasteiger charge is 2.92. The van der Waals surface area contributed by atoms with Crippen molar-refractivity contribution in [1.82, 2.24) is 0 Å². The number of aliphatic hydroxyl groups excluding tert-OH is 1. The molecule has 0 atom stereocenters. The number of nitrogens with two attached hydrogens (primary N) is 1. The van der Waals surface area contributed by atoms with E-state index in [0.29, 0.717) is 0 Å². The molecule has 0 saturated carbocycles. The summed E-state index contributed by atoms with van der Waals surface area (Å²) in [5.41, 5.74) is 4.88. The molecule has 0 heterocycles. The first-order valence-electron chi connectivity index (χ1n) is 12.4. The maximum absolute atomic E-state index is 13.6. The molecule has 0 bridgehead atoms. The minimum absolute atomic E-state index is 0.0486. The van der Waals surface area contributed by atoms with Crippen LogP contribution in [-0.4, -0.2) is 107 Å². The van der Waals surface area contributed by atoms with E-state index >= 15 is 0 Å². The van der Waals surface area contributed by atoms with Gasteiger partial charge in [0.1, 0.15) is 0 Å². The summed E-state index contributed by atoms with van der Waals surface area (Å²) in [5.74, 6) is -79.5. The van der Waals surface area contributed by atoms with Crippen LogP contribution in [0.15, 0.2) is 0 Å². The molecule has 0 radical (unpaired) electrons. The lowest BCUT2D eigenvalue weighted by molar-refractivity contribution is -0.440. The molecule has 0 unspecified atom stereocenters. The maximum Gasteiger partial charge on any atom is 0.472 e. The highest BCUT2D eigenvalue weighted by Crippen LogP contribution is 2.62. The molecule has 0 saturated heterocycles. The normalized spacial score (nSPS) is 16.1. The maximum atomic E-state index is 13.6. The fraction of sp³-hybridized carbons (Fsp3) is 1.00. The topological polar surface area (TPSA) is 102 Å². The van der Waals surface area contributed by atoms with Crippen molar-refractivity contribution in [1.29, 1.82) is 0 Å². The quantitative estimate of drug-likeness (QED) is 0.0997. The van der Waals surface area contributed by atoms with Gasteiger partial charge in [-0.1, -0.05) is 0 Å². The Kier molecular flexibility index (Phi) is 15.4. The summed E-state index contributed by atoms with van der Waals surface area (Å²) in [6, 6.07) is 0. The van der Waals surface area contributed by atoms with Crippen molar-refractivity contribution in [2.75, 3.05) is 19.8 Å². The van der Waals surface area contributed by atoms with Crippen LogP contribution in [0.2, 0.25) is 0 Å². The number of rotatable bonds is 17. The van der Waals surface area contributed by atoms with Crippen LogP contribution in [0.25, 0.3) is 0 Å². The van der Waals surface area contributed by atoms with Crippen molar-refractivity contribution >= 4 is 7.82 Å². The summed E-state index contributed by atoms with van der Waals surface area (Å²) in [7, 11) is -6.58. The first kappa shape index (κ1) is 53.3. The molecule has 0 aliphatic rings. The zero-order chi connectivity index (χ0) is 43.9. The van der Waals surface area contributed by atoms with Gasteiger partial charge in [0.05, 0.1) is 19.8 Å². The molecule has 322 valence electrons. The van der Waals surface area contributed by atoms with Gasteiger partial charge in [0, 0.05) is 18.4 Å². The van der Waals surface area contributed by atoms with Crippen molar-refractivity contribution < 1.29 is 138 Å². The van der Waals surface area contributed by atoms with Crippen molar-refractivity contribution in [3.8, 4) is 0 Å². The molecule has 0 fully saturated rings. The third kappa shape index (κ3) is 10.2. The standard InChI is InChI=1S/C16H9F26O4P.C4H11NO/c17-5(18,7(21,22)9(25,26)11(29,30)13(33,34)15(37,38)39)1-3-45-47(43,44)46-4-2-6(19,20)8(23,24)10(27,28)12(31,32)14(35,36)16(40,41)42;1-4(2,5)3-6/h1-4H2,(H,43,44);6H,3,5H2,1-2H3. The van der Waals surface area contributed by atoms with Gasteiger partial charge in [-0.25, -0.2) is 4.57 Å². The van der Waals surface area contributed by atoms with E-state index < -0.39 is 111 Å². The summed E-state index contributed by atoms with van der Waals surface area (Å²) >= 11 is 0. The molecule has 0 aliphatic heterocycles. The van der Waals surface area contributed by atoms with Crippen molar-refractivity contribution in [2.45, 2.75) is 104 Å². The summed E-state index contributed by atoms with van der Waals surface area (Å²) in [6.45, 7) is -2.00. The van der Waals surface area contributed by atoms with E-state index in [0.717, 1.165) is 0 Å². The van der Waals surface area contributed by atoms with E-state index in [1.165, 1.54) is 0 Å². The first-order chi connectivity index (χ1) is 22.5. The molecule has 0 spiro atoms. The zero-order valence-corrected chi connectivity index (χ0v) is 25.9. The van der Waals surface area contributed by atoms with E-state index in [1.54, 1.807) is 13.8 Å². The summed E-state index contributed by atoms with van der Waals surface area (Å²) in [5, 5.41) is 8.28. The Bertz CT molecular complexity index is 1170. The van der Waals surface area contributed by atoms with Crippen LogP contribution in [0.5, 0.6) is 0 Å². The number of aliphatic hydroxyl groups is 1. The van der Waals surface area contributed by atoms with Gasteiger partial charge in [-0.15, -0.1) is 0 Å². The molecule has 0 amide bonds. The van der Waals surface area contributed by atoms with Crippen LogP contribution < -0.4 is 5.73 Å². The smallest absolute Gasteiger partial charge is 0.394 e. The Morgan fingerprint density at radius 1 is 0.453 bits per heavy atom. The summed E-state index contributed by atoms with van der Waals surface area (Å²) < 4.78 is 355. The summed E-state index contributed by atoms with van der Waals surface area (Å²) in [4.78, 5) is 8.95. The number of phosphoric acid groups is 1. The molecule has 0 aromatic carbocycles. The van der Waals surface area contributed by atoms with Gasteiger partial charge < -0.3 is 15.7 Å². The van der Waals surface area contributed by atoms with Crippen molar-refractivity contribution in [3.05, 3.63) is 0 Å². The van der Waals surface area contributed by atoms with E-state index in [4.69, 9.17) is 15.7 Å². The highest BCUT2D eigenvalue weighted by atomic mass is 31.2. The van der Waals surface area contributed by atoms with Crippen LogP contribution in [0.1, 0.15) is 26.7 Å². The Labute approximate surface area is 276 Å². The van der Waals surface area contributed by atoms with E-state index in [2.05, 4.69) is 9.05 Å². The van der Waals surface area contributed by atoms with Gasteiger partial charge in [0.25, 0.3) is 0 Å². The van der Waals surface area contributed by atoms with Gasteiger partial charge >= 0.3 is 79.4 Å². The fourth-order valence-electron chi connectivity index (χ4n) is 2.53. The molecular weight excluding hydrogens is 859 g/mol. The molecule has 53 heavy (non-hydrogen) atoms. The second kappa shape index (κ2) is 15.3. The monoisotopic (exact) mass is 879 g/mol. The molecule has 6 nitrogen and oxygen atoms in total. The van der Waals surface area contributed by atoms with Gasteiger partial charge in [0.15, 0.2) is 0 Å². The number of alkyl halides is 26. The molecule has 33 heteroatoms. The van der Waals surface area contributed by atoms with Gasteiger partial charge in [-0.3, -0.25) is 9.05 Å². The SMILES string of the molecule is CC(C)(N)CO.O=P(O)(OCCC(F)(F)C(F)(F)C(F)(F)C(F)(F)C(F)(F)C(F)(F)F)OCCC(F)(F)C(F)(F)C(F)(F)C(F)(F)C(F)(F)C(F)(F)F. The summed E-state index contributed by atoms with van der Waals surface area (Å²) in [6.07, 6.45) is -22.3. The Morgan fingerprint density at radius 2 is 0.642 bits per heavy atom. The van der Waals surface area contributed by atoms with Crippen LogP contribution in [0.3, 0.4) is 0 Å². The molecule has 0 aromatic rings. The second-order valence-corrected chi connectivity index (χ2v) is 12.2. The third-order valence-corrected chi connectivity index (χ3v) is 6.76. The lowest BCUT2D eigenvalue weighted by Gasteiger charge is -2.39. The predicted octanol–water partition coefficient (Wildman–Crippen LogP) is 9.09. The van der Waals surface area contributed by atoms with E-state index in [1.807, 2.05) is 0 Å². The third-order valence-electron chi connectivity index (χ3n) is 5.75. The highest BCUT2D eigenvalue weighted by molar-refractivity contribution is 7.47.